The zero-order valence-corrected chi connectivity index (χ0v) is 24.8. The van der Waals surface area contributed by atoms with E-state index in [0.29, 0.717) is 35.5 Å². The summed E-state index contributed by atoms with van der Waals surface area (Å²) in [6.45, 7) is 7.75. The molecule has 10 nitrogen and oxygen atoms in total. The number of hydrogen-bond acceptors (Lipinski definition) is 8. The highest BCUT2D eigenvalue weighted by Crippen LogP contribution is 2.40. The molecule has 1 aromatic heterocycles. The van der Waals surface area contributed by atoms with Crippen molar-refractivity contribution >= 4 is 35.0 Å². The van der Waals surface area contributed by atoms with Crippen LogP contribution in [0.4, 0.5) is 23.1 Å². The first-order valence-electron chi connectivity index (χ1n) is 15.1. The molecule has 0 bridgehead atoms. The first kappa shape index (κ1) is 27.8. The summed E-state index contributed by atoms with van der Waals surface area (Å²) in [5, 5.41) is 6.51. The number of anilines is 4. The molecule has 1 aromatic carbocycles. The zero-order chi connectivity index (χ0) is 28.7. The Morgan fingerprint density at radius 2 is 1.93 bits per heavy atom. The van der Waals surface area contributed by atoms with E-state index < -0.39 is 5.41 Å². The number of benzene rings is 1. The molecule has 2 aliphatic carbocycles. The van der Waals surface area contributed by atoms with Gasteiger partial charge in [-0.3, -0.25) is 9.59 Å². The average molecular weight is 562 g/mol. The summed E-state index contributed by atoms with van der Waals surface area (Å²) in [4.78, 5) is 42.4. The number of carbonyl (C=O) groups is 2. The fourth-order valence-electron chi connectivity index (χ4n) is 6.63. The maximum atomic E-state index is 13.3. The summed E-state index contributed by atoms with van der Waals surface area (Å²) in [6, 6.07) is 5.93. The first-order valence-corrected chi connectivity index (χ1v) is 15.1. The topological polar surface area (TPSA) is 103 Å². The minimum atomic E-state index is -0.542. The van der Waals surface area contributed by atoms with E-state index in [0.717, 1.165) is 56.3 Å². The van der Waals surface area contributed by atoms with E-state index in [9.17, 15) is 9.59 Å². The molecule has 41 heavy (non-hydrogen) atoms. The molecule has 0 spiro atoms. The van der Waals surface area contributed by atoms with Crippen LogP contribution in [0.2, 0.25) is 0 Å². The fraction of sp³-hybridized carbons (Fsp3) is 0.613. The molecular weight excluding hydrogens is 518 g/mol. The molecule has 2 amide bonds. The molecule has 2 aliphatic heterocycles. The largest absolute Gasteiger partial charge is 0.495 e. The van der Waals surface area contributed by atoms with Crippen molar-refractivity contribution < 1.29 is 14.3 Å². The second-order valence-electron chi connectivity index (χ2n) is 12.9. The van der Waals surface area contributed by atoms with Crippen molar-refractivity contribution in [2.24, 2.45) is 11.3 Å². The van der Waals surface area contributed by atoms with Crippen molar-refractivity contribution in [3.05, 3.63) is 30.0 Å². The minimum Gasteiger partial charge on any atom is -0.495 e. The van der Waals surface area contributed by atoms with Crippen LogP contribution in [0.3, 0.4) is 0 Å². The maximum Gasteiger partial charge on any atom is 0.251 e. The van der Waals surface area contributed by atoms with Gasteiger partial charge in [-0.15, -0.1) is 0 Å². The molecule has 2 aromatic rings. The van der Waals surface area contributed by atoms with Gasteiger partial charge in [0.05, 0.1) is 24.4 Å². The van der Waals surface area contributed by atoms with Crippen LogP contribution in [0, 0.1) is 11.3 Å². The standard InChI is InChI=1S/C31H43N7O3/c1-31(2)19-38(23-7-5-6-8-23)27-25(36(3)29(31)40)16-32-30(35-27)34-24-12-11-21(15-26(24)41-4)28(39)33-22-13-14-37(18-22)17-20-9-10-20/h11-12,15-16,20,22-23H,5-10,13-14,17-19H2,1-4H3,(H,33,39)(H,32,34,35)/t22-/m0/s1. The van der Waals surface area contributed by atoms with Gasteiger partial charge >= 0.3 is 0 Å². The fourth-order valence-corrected chi connectivity index (χ4v) is 6.63. The number of carbonyl (C=O) groups excluding carboxylic acids is 2. The third kappa shape index (κ3) is 5.84. The van der Waals surface area contributed by atoms with E-state index in [2.05, 4.69) is 25.4 Å². The number of rotatable bonds is 8. The molecule has 2 saturated carbocycles. The lowest BCUT2D eigenvalue weighted by Gasteiger charge is -2.34. The van der Waals surface area contributed by atoms with E-state index in [4.69, 9.17) is 9.72 Å². The molecule has 4 aliphatic rings. The van der Waals surface area contributed by atoms with Crippen molar-refractivity contribution in [1.82, 2.24) is 20.2 Å². The van der Waals surface area contributed by atoms with Gasteiger partial charge in [-0.1, -0.05) is 12.8 Å². The molecule has 2 N–H and O–H groups in total. The monoisotopic (exact) mass is 561 g/mol. The maximum absolute atomic E-state index is 13.3. The van der Waals surface area contributed by atoms with Crippen LogP contribution >= 0.6 is 0 Å². The van der Waals surface area contributed by atoms with Gasteiger partial charge in [0.1, 0.15) is 11.4 Å². The van der Waals surface area contributed by atoms with E-state index in [-0.39, 0.29) is 17.9 Å². The normalized spacial score (nSPS) is 22.9. The third-order valence-electron chi connectivity index (χ3n) is 9.13. The number of methoxy groups -OCH3 is 1. The number of aromatic nitrogens is 2. The summed E-state index contributed by atoms with van der Waals surface area (Å²) < 4.78 is 5.67. The number of ether oxygens (including phenoxy) is 1. The van der Waals surface area contributed by atoms with Gasteiger partial charge in [0.2, 0.25) is 11.9 Å². The average Bonchev–Trinajstić information content (AvgIpc) is 3.42. The molecule has 3 fully saturated rings. The van der Waals surface area contributed by atoms with E-state index >= 15 is 0 Å². The highest BCUT2D eigenvalue weighted by atomic mass is 16.5. The molecule has 3 heterocycles. The number of amides is 2. The first-order chi connectivity index (χ1) is 19.7. The Balaban J connectivity index is 1.20. The van der Waals surface area contributed by atoms with Crippen LogP contribution in [0.1, 0.15) is 69.2 Å². The SMILES string of the molecule is COc1cc(C(=O)N[C@H]2CCN(CC3CC3)C2)ccc1Nc1ncc2c(n1)N(C1CCCC1)CC(C)(C)C(=O)N2C. The number of likely N-dealkylation sites (tertiary alicyclic amines) is 1. The highest BCUT2D eigenvalue weighted by Gasteiger charge is 2.41. The second kappa shape index (κ2) is 11.1. The lowest BCUT2D eigenvalue weighted by molar-refractivity contribution is -0.125. The smallest absolute Gasteiger partial charge is 0.251 e. The predicted molar refractivity (Wildman–Crippen MR) is 160 cm³/mol. The van der Waals surface area contributed by atoms with Crippen LogP contribution in [-0.2, 0) is 4.79 Å². The Kier molecular flexibility index (Phi) is 7.52. The van der Waals surface area contributed by atoms with Gasteiger partial charge in [0, 0.05) is 50.9 Å². The quantitative estimate of drug-likeness (QED) is 0.495. The summed E-state index contributed by atoms with van der Waals surface area (Å²) in [5.41, 5.74) is 1.41. The Labute approximate surface area is 242 Å². The molecule has 0 radical (unpaired) electrons. The lowest BCUT2D eigenvalue weighted by Crippen LogP contribution is -2.45. The Morgan fingerprint density at radius 1 is 1.15 bits per heavy atom. The van der Waals surface area contributed by atoms with Crippen LogP contribution in [0.15, 0.2) is 24.4 Å². The Morgan fingerprint density at radius 3 is 2.66 bits per heavy atom. The number of hydrogen-bond donors (Lipinski definition) is 2. The van der Waals surface area contributed by atoms with Gasteiger partial charge in [-0.05, 0) is 70.1 Å². The molecule has 6 rings (SSSR count). The van der Waals surface area contributed by atoms with Crippen LogP contribution in [0.25, 0.3) is 0 Å². The van der Waals surface area contributed by atoms with E-state index in [1.165, 1.54) is 25.7 Å². The van der Waals surface area contributed by atoms with Crippen LogP contribution in [0.5, 0.6) is 5.75 Å². The zero-order valence-electron chi connectivity index (χ0n) is 24.8. The van der Waals surface area contributed by atoms with Crippen molar-refractivity contribution in [2.45, 2.75) is 70.9 Å². The van der Waals surface area contributed by atoms with E-state index in [1.54, 1.807) is 37.4 Å². The summed E-state index contributed by atoms with van der Waals surface area (Å²) >= 11 is 0. The van der Waals surface area contributed by atoms with Crippen molar-refractivity contribution in [2.75, 3.05) is 55.5 Å². The predicted octanol–water partition coefficient (Wildman–Crippen LogP) is 4.19. The molecule has 1 atom stereocenters. The van der Waals surface area contributed by atoms with Crippen molar-refractivity contribution in [3.8, 4) is 5.75 Å². The molecular formula is C31H43N7O3. The van der Waals surface area contributed by atoms with Crippen molar-refractivity contribution in [3.63, 3.8) is 0 Å². The van der Waals surface area contributed by atoms with Crippen molar-refractivity contribution in [1.29, 1.82) is 0 Å². The minimum absolute atomic E-state index is 0.0623. The third-order valence-corrected chi connectivity index (χ3v) is 9.13. The van der Waals surface area contributed by atoms with Gasteiger partial charge in [0.25, 0.3) is 5.91 Å². The lowest BCUT2D eigenvalue weighted by atomic mass is 9.91. The summed E-state index contributed by atoms with van der Waals surface area (Å²) in [7, 11) is 3.40. The molecule has 0 unspecified atom stereocenters. The Bertz CT molecular complexity index is 1300. The van der Waals surface area contributed by atoms with Gasteiger partial charge < -0.3 is 30.1 Å². The van der Waals surface area contributed by atoms with Gasteiger partial charge in [-0.25, -0.2) is 4.98 Å². The van der Waals surface area contributed by atoms with Crippen LogP contribution in [-0.4, -0.2) is 79.1 Å². The molecule has 10 heteroatoms. The number of nitrogens with one attached hydrogen (secondary N) is 2. The summed E-state index contributed by atoms with van der Waals surface area (Å²) in [5.74, 6) is 2.57. The molecule has 1 saturated heterocycles. The number of fused-ring (bicyclic) bond motifs is 1. The highest BCUT2D eigenvalue weighted by molar-refractivity contribution is 6.01. The van der Waals surface area contributed by atoms with Crippen LogP contribution < -0.4 is 25.2 Å². The van der Waals surface area contributed by atoms with Gasteiger partial charge in [0.15, 0.2) is 5.82 Å². The molecule has 220 valence electrons. The second-order valence-corrected chi connectivity index (χ2v) is 12.9. The van der Waals surface area contributed by atoms with Gasteiger partial charge in [-0.2, -0.15) is 4.98 Å². The summed E-state index contributed by atoms with van der Waals surface area (Å²) in [6.07, 6.45) is 9.97. The Hall–Kier alpha value is -3.40. The van der Waals surface area contributed by atoms with E-state index in [1.807, 2.05) is 19.9 Å². The number of nitrogens with zero attached hydrogens (tertiary/aromatic N) is 5.